The van der Waals surface area contributed by atoms with Crippen LogP contribution in [0.1, 0.15) is 21.7 Å². The number of ether oxygens (including phenoxy) is 1. The van der Waals surface area contributed by atoms with Crippen molar-refractivity contribution in [3.63, 3.8) is 0 Å². The smallest absolute Gasteiger partial charge is 0.361 e. The second-order valence-corrected chi connectivity index (χ2v) is 5.22. The normalized spacial score (nSPS) is 10.4. The first kappa shape index (κ1) is 15.4. The van der Waals surface area contributed by atoms with Crippen molar-refractivity contribution in [2.24, 2.45) is 0 Å². The van der Waals surface area contributed by atoms with Gasteiger partial charge in [-0.05, 0) is 25.1 Å². The van der Waals surface area contributed by atoms with E-state index in [1.807, 2.05) is 0 Å². The lowest BCUT2D eigenvalue weighted by atomic mass is 10.2. The van der Waals surface area contributed by atoms with Crippen LogP contribution in [0.25, 0.3) is 0 Å². The standard InChI is InChI=1S/C14H13BrFN3O2/c1-3-6-21-14(20)13-9(2)19(18-17-13)8-10-7-11(15)4-5-12(10)16/h3-5,7H,1,6,8H2,2H3. The van der Waals surface area contributed by atoms with Crippen molar-refractivity contribution in [2.45, 2.75) is 13.5 Å². The van der Waals surface area contributed by atoms with Crippen LogP contribution in [0, 0.1) is 12.7 Å². The van der Waals surface area contributed by atoms with Crippen molar-refractivity contribution < 1.29 is 13.9 Å². The van der Waals surface area contributed by atoms with Crippen LogP contribution in [-0.4, -0.2) is 27.6 Å². The van der Waals surface area contributed by atoms with Gasteiger partial charge in [-0.3, -0.25) is 0 Å². The summed E-state index contributed by atoms with van der Waals surface area (Å²) in [7, 11) is 0. The van der Waals surface area contributed by atoms with Gasteiger partial charge in [0.1, 0.15) is 12.4 Å². The van der Waals surface area contributed by atoms with Gasteiger partial charge in [0.15, 0.2) is 5.69 Å². The van der Waals surface area contributed by atoms with E-state index >= 15 is 0 Å². The van der Waals surface area contributed by atoms with Gasteiger partial charge in [-0.25, -0.2) is 13.9 Å². The molecule has 0 aliphatic heterocycles. The van der Waals surface area contributed by atoms with Crippen LogP contribution >= 0.6 is 15.9 Å². The molecule has 0 aliphatic rings. The molecule has 5 nitrogen and oxygen atoms in total. The van der Waals surface area contributed by atoms with Crippen LogP contribution in [0.2, 0.25) is 0 Å². The van der Waals surface area contributed by atoms with Crippen molar-refractivity contribution in [1.29, 1.82) is 0 Å². The lowest BCUT2D eigenvalue weighted by Crippen LogP contribution is -2.09. The highest BCUT2D eigenvalue weighted by Crippen LogP contribution is 2.17. The maximum absolute atomic E-state index is 13.7. The minimum absolute atomic E-state index is 0.103. The van der Waals surface area contributed by atoms with Crippen LogP contribution in [0.15, 0.2) is 35.3 Å². The molecule has 7 heteroatoms. The molecule has 0 fully saturated rings. The molecule has 0 amide bonds. The number of carbonyl (C=O) groups is 1. The number of hydrogen-bond donors (Lipinski definition) is 0. The summed E-state index contributed by atoms with van der Waals surface area (Å²) < 4.78 is 20.9. The number of aromatic nitrogens is 3. The van der Waals surface area contributed by atoms with Crippen LogP contribution in [0.3, 0.4) is 0 Å². The van der Waals surface area contributed by atoms with Crippen molar-refractivity contribution in [1.82, 2.24) is 15.0 Å². The molecule has 0 aliphatic carbocycles. The lowest BCUT2D eigenvalue weighted by molar-refractivity contribution is 0.0542. The third-order valence-corrected chi connectivity index (χ3v) is 3.33. The fourth-order valence-electron chi connectivity index (χ4n) is 1.73. The third kappa shape index (κ3) is 3.55. The monoisotopic (exact) mass is 353 g/mol. The molecule has 0 atom stereocenters. The Hall–Kier alpha value is -2.02. The zero-order valence-corrected chi connectivity index (χ0v) is 12.9. The van der Waals surface area contributed by atoms with Gasteiger partial charge in [-0.2, -0.15) is 0 Å². The molecule has 1 heterocycles. The molecule has 0 unspecified atom stereocenters. The van der Waals surface area contributed by atoms with E-state index in [0.717, 1.165) is 4.47 Å². The Morgan fingerprint density at radius 3 is 3.05 bits per heavy atom. The van der Waals surface area contributed by atoms with Crippen LogP contribution in [0.5, 0.6) is 0 Å². The topological polar surface area (TPSA) is 57.0 Å². The Balaban J connectivity index is 2.22. The molecule has 21 heavy (non-hydrogen) atoms. The van der Waals surface area contributed by atoms with Crippen LogP contribution in [0.4, 0.5) is 4.39 Å². The molecular formula is C14H13BrFN3O2. The van der Waals surface area contributed by atoms with Crippen LogP contribution < -0.4 is 0 Å². The highest BCUT2D eigenvalue weighted by molar-refractivity contribution is 9.10. The van der Waals surface area contributed by atoms with Gasteiger partial charge in [0.2, 0.25) is 0 Å². The summed E-state index contributed by atoms with van der Waals surface area (Å²) >= 11 is 3.29. The zero-order chi connectivity index (χ0) is 15.4. The van der Waals surface area contributed by atoms with Crippen molar-refractivity contribution in [2.75, 3.05) is 6.61 Å². The molecule has 0 bridgehead atoms. The predicted molar refractivity (Wildman–Crippen MR) is 78.4 cm³/mol. The van der Waals surface area contributed by atoms with Gasteiger partial charge < -0.3 is 4.74 Å². The first-order chi connectivity index (χ1) is 10.0. The van der Waals surface area contributed by atoms with Gasteiger partial charge in [0, 0.05) is 10.0 Å². The van der Waals surface area contributed by atoms with E-state index in [2.05, 4.69) is 32.8 Å². The first-order valence-corrected chi connectivity index (χ1v) is 6.94. The van der Waals surface area contributed by atoms with E-state index < -0.39 is 5.97 Å². The summed E-state index contributed by atoms with van der Waals surface area (Å²) in [5.41, 5.74) is 1.08. The predicted octanol–water partition coefficient (Wildman–Crippen LogP) is 2.88. The lowest BCUT2D eigenvalue weighted by Gasteiger charge is -2.06. The first-order valence-electron chi connectivity index (χ1n) is 6.15. The van der Waals surface area contributed by atoms with Gasteiger partial charge in [0.25, 0.3) is 0 Å². The molecular weight excluding hydrogens is 341 g/mol. The Morgan fingerprint density at radius 2 is 2.33 bits per heavy atom. The molecule has 0 radical (unpaired) electrons. The van der Waals surface area contributed by atoms with Crippen LogP contribution in [-0.2, 0) is 11.3 Å². The maximum Gasteiger partial charge on any atom is 0.361 e. The Bertz CT molecular complexity index is 685. The van der Waals surface area contributed by atoms with Gasteiger partial charge in [-0.15, -0.1) is 5.10 Å². The van der Waals surface area contributed by atoms with Gasteiger partial charge >= 0.3 is 5.97 Å². The molecule has 0 saturated heterocycles. The highest BCUT2D eigenvalue weighted by Gasteiger charge is 2.18. The number of halogens is 2. The van der Waals surface area contributed by atoms with Crippen molar-refractivity contribution in [3.05, 3.63) is 58.1 Å². The summed E-state index contributed by atoms with van der Waals surface area (Å²) in [5.74, 6) is -0.919. The van der Waals surface area contributed by atoms with Gasteiger partial charge in [-0.1, -0.05) is 33.8 Å². The van der Waals surface area contributed by atoms with E-state index in [1.54, 1.807) is 19.1 Å². The Labute approximate surface area is 129 Å². The van der Waals surface area contributed by atoms with E-state index in [1.165, 1.54) is 16.8 Å². The summed E-state index contributed by atoms with van der Waals surface area (Å²) in [6.07, 6.45) is 1.47. The fourth-order valence-corrected chi connectivity index (χ4v) is 2.14. The molecule has 2 aromatic rings. The molecule has 0 spiro atoms. The van der Waals surface area contributed by atoms with E-state index in [9.17, 15) is 9.18 Å². The molecule has 110 valence electrons. The number of benzene rings is 1. The quantitative estimate of drug-likeness (QED) is 0.612. The number of rotatable bonds is 5. The zero-order valence-electron chi connectivity index (χ0n) is 11.3. The third-order valence-electron chi connectivity index (χ3n) is 2.84. The second-order valence-electron chi connectivity index (χ2n) is 4.30. The highest BCUT2D eigenvalue weighted by atomic mass is 79.9. The number of esters is 1. The Kier molecular flexibility index (Phi) is 4.85. The second kappa shape index (κ2) is 6.62. The number of hydrogen-bond acceptors (Lipinski definition) is 4. The molecule has 2 rings (SSSR count). The summed E-state index contributed by atoms with van der Waals surface area (Å²) in [5, 5.41) is 7.66. The number of nitrogens with zero attached hydrogens (tertiary/aromatic N) is 3. The van der Waals surface area contributed by atoms with Crippen molar-refractivity contribution >= 4 is 21.9 Å². The number of carbonyl (C=O) groups excluding carboxylic acids is 1. The SMILES string of the molecule is C=CCOC(=O)c1nnn(Cc2cc(Br)ccc2F)c1C. The average molecular weight is 354 g/mol. The molecule has 0 saturated carbocycles. The largest absolute Gasteiger partial charge is 0.457 e. The summed E-state index contributed by atoms with van der Waals surface area (Å²) in [4.78, 5) is 11.7. The fraction of sp³-hybridized carbons (Fsp3) is 0.214. The maximum atomic E-state index is 13.7. The molecule has 0 N–H and O–H groups in total. The molecule has 1 aromatic heterocycles. The van der Waals surface area contributed by atoms with E-state index in [4.69, 9.17) is 4.74 Å². The average Bonchev–Trinajstić information content (AvgIpc) is 2.82. The van der Waals surface area contributed by atoms with Gasteiger partial charge in [0.05, 0.1) is 12.2 Å². The van der Waals surface area contributed by atoms with E-state index in [-0.39, 0.29) is 24.7 Å². The Morgan fingerprint density at radius 1 is 1.57 bits per heavy atom. The summed E-state index contributed by atoms with van der Waals surface area (Å²) in [6.45, 7) is 5.43. The van der Waals surface area contributed by atoms with Crippen molar-refractivity contribution in [3.8, 4) is 0 Å². The van der Waals surface area contributed by atoms with E-state index in [0.29, 0.717) is 11.3 Å². The summed E-state index contributed by atoms with van der Waals surface area (Å²) in [6, 6.07) is 4.64. The minimum Gasteiger partial charge on any atom is -0.457 e. The minimum atomic E-state index is -0.576. The molecule has 1 aromatic carbocycles.